The number of pyridine rings is 1. The van der Waals surface area contributed by atoms with Crippen molar-refractivity contribution in [3.8, 4) is 11.5 Å². The quantitative estimate of drug-likeness (QED) is 0.860. The number of halogens is 1. The summed E-state index contributed by atoms with van der Waals surface area (Å²) in [4.78, 5) is 6.34. The number of β-amino-alcohol motifs (C(OH)–C–C–N with tert-alkyl or cyclic N) is 1. The minimum absolute atomic E-state index is 0.0627. The van der Waals surface area contributed by atoms with Crippen molar-refractivity contribution in [3.05, 3.63) is 54.1 Å². The second-order valence-corrected chi connectivity index (χ2v) is 7.34. The molecule has 0 amide bonds. The van der Waals surface area contributed by atoms with Gasteiger partial charge in [-0.25, -0.2) is 4.39 Å². The predicted octanol–water partition coefficient (Wildman–Crippen LogP) is 2.75. The van der Waals surface area contributed by atoms with E-state index in [-0.39, 0.29) is 17.7 Å². The van der Waals surface area contributed by atoms with Crippen molar-refractivity contribution in [2.45, 2.75) is 25.0 Å². The average Bonchev–Trinajstić information content (AvgIpc) is 3.15. The van der Waals surface area contributed by atoms with Crippen LogP contribution in [0.1, 0.15) is 24.6 Å². The minimum Gasteiger partial charge on any atom is -0.506 e. The van der Waals surface area contributed by atoms with Crippen molar-refractivity contribution in [3.63, 3.8) is 0 Å². The molecule has 0 radical (unpaired) electrons. The summed E-state index contributed by atoms with van der Waals surface area (Å²) in [7, 11) is 0. The van der Waals surface area contributed by atoms with Crippen LogP contribution in [0, 0.1) is 17.7 Å². The highest BCUT2D eigenvalue weighted by Gasteiger charge is 2.42. The number of fused-ring (bicyclic) bond motifs is 1. The van der Waals surface area contributed by atoms with E-state index in [0.29, 0.717) is 29.8 Å². The van der Waals surface area contributed by atoms with Gasteiger partial charge in [0.05, 0.1) is 18.0 Å². The Hall–Kier alpha value is -2.18. The monoisotopic (exact) mass is 358 g/mol. The Labute approximate surface area is 152 Å². The maximum absolute atomic E-state index is 13.7. The van der Waals surface area contributed by atoms with Crippen LogP contribution in [-0.2, 0) is 0 Å². The molecule has 2 fully saturated rings. The summed E-state index contributed by atoms with van der Waals surface area (Å²) in [5, 5.41) is 19.6. The van der Waals surface area contributed by atoms with Gasteiger partial charge in [-0.1, -0.05) is 12.1 Å². The molecular weight excluding hydrogens is 335 g/mol. The van der Waals surface area contributed by atoms with Crippen molar-refractivity contribution in [1.82, 2.24) is 9.88 Å². The molecule has 4 atom stereocenters. The zero-order valence-electron chi connectivity index (χ0n) is 14.5. The SMILES string of the molecule is Oc1ccc(C(O)CN2C[C@H]3CC(Oc4ccccc4F)C[C@H]3C2)nc1. The fourth-order valence-electron chi connectivity index (χ4n) is 4.24. The molecule has 2 heterocycles. The number of likely N-dealkylation sites (tertiary alicyclic amines) is 1. The van der Waals surface area contributed by atoms with Crippen LogP contribution < -0.4 is 4.74 Å². The molecule has 1 saturated carbocycles. The van der Waals surface area contributed by atoms with Crippen molar-refractivity contribution >= 4 is 0 Å². The van der Waals surface area contributed by atoms with Crippen LogP contribution in [0.15, 0.2) is 42.6 Å². The Morgan fingerprint density at radius 1 is 1.15 bits per heavy atom. The molecule has 26 heavy (non-hydrogen) atoms. The van der Waals surface area contributed by atoms with Gasteiger partial charge < -0.3 is 14.9 Å². The number of hydrogen-bond acceptors (Lipinski definition) is 5. The van der Waals surface area contributed by atoms with E-state index < -0.39 is 6.10 Å². The molecule has 0 bridgehead atoms. The summed E-state index contributed by atoms with van der Waals surface area (Å²) in [6.45, 7) is 2.36. The number of rotatable bonds is 5. The first kappa shape index (κ1) is 17.2. The van der Waals surface area contributed by atoms with Crippen LogP contribution in [0.2, 0.25) is 0 Å². The molecule has 1 aliphatic heterocycles. The maximum atomic E-state index is 13.7. The zero-order chi connectivity index (χ0) is 18.1. The second kappa shape index (κ2) is 7.21. The lowest BCUT2D eigenvalue weighted by atomic mass is 10.0. The molecular formula is C20H23FN2O3. The third-order valence-corrected chi connectivity index (χ3v) is 5.46. The number of ether oxygens (including phenoxy) is 1. The van der Waals surface area contributed by atoms with Gasteiger partial charge in [-0.15, -0.1) is 0 Å². The van der Waals surface area contributed by atoms with Crippen LogP contribution in [-0.4, -0.2) is 45.8 Å². The zero-order valence-corrected chi connectivity index (χ0v) is 14.5. The van der Waals surface area contributed by atoms with E-state index in [2.05, 4.69) is 9.88 Å². The summed E-state index contributed by atoms with van der Waals surface area (Å²) in [6.07, 6.45) is 2.58. The number of aromatic nitrogens is 1. The molecule has 2 aromatic rings. The van der Waals surface area contributed by atoms with Crippen molar-refractivity contribution in [2.24, 2.45) is 11.8 Å². The Balaban J connectivity index is 1.29. The predicted molar refractivity (Wildman–Crippen MR) is 94.3 cm³/mol. The molecule has 2 N–H and O–H groups in total. The summed E-state index contributed by atoms with van der Waals surface area (Å²) in [5.74, 6) is 1.16. The maximum Gasteiger partial charge on any atom is 0.165 e. The average molecular weight is 358 g/mol. The summed E-state index contributed by atoms with van der Waals surface area (Å²) in [6, 6.07) is 9.73. The lowest BCUT2D eigenvalue weighted by Crippen LogP contribution is -2.29. The lowest BCUT2D eigenvalue weighted by Gasteiger charge is -2.22. The number of para-hydroxylation sites is 1. The lowest BCUT2D eigenvalue weighted by molar-refractivity contribution is 0.112. The van der Waals surface area contributed by atoms with E-state index in [1.807, 2.05) is 0 Å². The number of nitrogens with zero attached hydrogens (tertiary/aromatic N) is 2. The highest BCUT2D eigenvalue weighted by molar-refractivity contribution is 5.24. The van der Waals surface area contributed by atoms with Gasteiger partial charge in [0.1, 0.15) is 11.9 Å². The molecule has 1 aromatic heterocycles. The first-order chi connectivity index (χ1) is 12.6. The smallest absolute Gasteiger partial charge is 0.165 e. The number of aliphatic hydroxyl groups excluding tert-OH is 1. The van der Waals surface area contributed by atoms with E-state index in [4.69, 9.17) is 4.74 Å². The Kier molecular flexibility index (Phi) is 4.78. The minimum atomic E-state index is -0.667. The standard InChI is InChI=1S/C20H23FN2O3/c21-17-3-1-2-4-20(17)26-16-7-13-10-23(11-14(13)8-16)12-19(25)18-6-5-15(24)9-22-18/h1-6,9,13-14,16,19,24-25H,7-8,10-12H2/t13-,14+,16?,19?. The summed E-state index contributed by atoms with van der Waals surface area (Å²) >= 11 is 0. The summed E-state index contributed by atoms with van der Waals surface area (Å²) < 4.78 is 19.6. The highest BCUT2D eigenvalue weighted by atomic mass is 19.1. The van der Waals surface area contributed by atoms with Crippen molar-refractivity contribution in [1.29, 1.82) is 0 Å². The fraction of sp³-hybridized carbons (Fsp3) is 0.450. The second-order valence-electron chi connectivity index (χ2n) is 7.34. The van der Waals surface area contributed by atoms with Gasteiger partial charge >= 0.3 is 0 Å². The molecule has 2 unspecified atom stereocenters. The van der Waals surface area contributed by atoms with Crippen LogP contribution in [0.25, 0.3) is 0 Å². The molecule has 4 rings (SSSR count). The third kappa shape index (κ3) is 3.66. The van der Waals surface area contributed by atoms with Gasteiger partial charge in [-0.3, -0.25) is 9.88 Å². The third-order valence-electron chi connectivity index (χ3n) is 5.46. The van der Waals surface area contributed by atoms with E-state index >= 15 is 0 Å². The van der Waals surface area contributed by atoms with Crippen molar-refractivity contribution in [2.75, 3.05) is 19.6 Å². The number of aliphatic hydroxyl groups is 1. The van der Waals surface area contributed by atoms with Crippen LogP contribution >= 0.6 is 0 Å². The van der Waals surface area contributed by atoms with Crippen LogP contribution in [0.3, 0.4) is 0 Å². The number of hydrogen-bond donors (Lipinski definition) is 2. The largest absolute Gasteiger partial charge is 0.506 e. The molecule has 1 saturated heterocycles. The van der Waals surface area contributed by atoms with E-state index in [1.54, 1.807) is 24.3 Å². The molecule has 6 heteroatoms. The molecule has 2 aliphatic rings. The van der Waals surface area contributed by atoms with Gasteiger partial charge in [0.25, 0.3) is 0 Å². The molecule has 138 valence electrons. The van der Waals surface area contributed by atoms with Crippen molar-refractivity contribution < 1.29 is 19.3 Å². The van der Waals surface area contributed by atoms with E-state index in [0.717, 1.165) is 25.9 Å². The Morgan fingerprint density at radius 3 is 2.54 bits per heavy atom. The number of aromatic hydroxyl groups is 1. The first-order valence-electron chi connectivity index (χ1n) is 9.05. The Bertz CT molecular complexity index is 741. The van der Waals surface area contributed by atoms with Crippen LogP contribution in [0.4, 0.5) is 4.39 Å². The molecule has 5 nitrogen and oxygen atoms in total. The molecule has 1 aromatic carbocycles. The van der Waals surface area contributed by atoms with Gasteiger partial charge in [0, 0.05) is 19.6 Å². The van der Waals surface area contributed by atoms with Gasteiger partial charge in [-0.05, 0) is 48.9 Å². The van der Waals surface area contributed by atoms with Gasteiger partial charge in [0.2, 0.25) is 0 Å². The van der Waals surface area contributed by atoms with E-state index in [9.17, 15) is 14.6 Å². The van der Waals surface area contributed by atoms with Gasteiger partial charge in [0.15, 0.2) is 11.6 Å². The van der Waals surface area contributed by atoms with Crippen LogP contribution in [0.5, 0.6) is 11.5 Å². The first-order valence-corrected chi connectivity index (χ1v) is 9.05. The topological polar surface area (TPSA) is 65.8 Å². The van der Waals surface area contributed by atoms with E-state index in [1.165, 1.54) is 18.3 Å². The Morgan fingerprint density at radius 2 is 1.88 bits per heavy atom. The molecule has 1 aliphatic carbocycles. The fourth-order valence-corrected chi connectivity index (χ4v) is 4.24. The number of benzene rings is 1. The highest BCUT2D eigenvalue weighted by Crippen LogP contribution is 2.40. The molecule has 0 spiro atoms. The van der Waals surface area contributed by atoms with Gasteiger partial charge in [-0.2, -0.15) is 0 Å². The normalized spacial score (nSPS) is 26.6. The summed E-state index contributed by atoms with van der Waals surface area (Å²) in [5.41, 5.74) is 0.570.